The van der Waals surface area contributed by atoms with Crippen LogP contribution in [0.5, 0.6) is 17.2 Å². The number of rotatable bonds is 12. The highest BCUT2D eigenvalue weighted by Crippen LogP contribution is 2.39. The van der Waals surface area contributed by atoms with Crippen LogP contribution in [0.1, 0.15) is 47.2 Å². The molecule has 0 saturated carbocycles. The zero-order valence-corrected chi connectivity index (χ0v) is 27.7. The minimum Gasteiger partial charge on any atom is -0.508 e. The number of amides is 2. The van der Waals surface area contributed by atoms with Crippen molar-refractivity contribution in [2.75, 3.05) is 30.8 Å². The number of benzene rings is 5. The predicted octanol–water partition coefficient (Wildman–Crippen LogP) is 7.53. The van der Waals surface area contributed by atoms with E-state index in [1.807, 2.05) is 84.7 Å². The lowest BCUT2D eigenvalue weighted by atomic mass is 9.99. The summed E-state index contributed by atoms with van der Waals surface area (Å²) >= 11 is 0. The number of urea groups is 1. The Balaban J connectivity index is 1.12. The maximum Gasteiger partial charge on any atom is 0.323 e. The van der Waals surface area contributed by atoms with Gasteiger partial charge in [0.2, 0.25) is 0 Å². The molecule has 0 aromatic heterocycles. The van der Waals surface area contributed by atoms with E-state index in [2.05, 4.69) is 10.6 Å². The van der Waals surface area contributed by atoms with Gasteiger partial charge in [-0.2, -0.15) is 0 Å². The fourth-order valence-corrected chi connectivity index (χ4v) is 5.88. The largest absolute Gasteiger partial charge is 0.508 e. The lowest BCUT2D eigenvalue weighted by Gasteiger charge is -2.38. The van der Waals surface area contributed by atoms with Gasteiger partial charge in [-0.1, -0.05) is 66.7 Å². The SMILES string of the molecule is CN(C[C@H]1C[C@@H](c2ccc(CO)cc2)O[C@@H](c2cccc(NC(=O)Nc3ccc(Oc4ccccc4)cc3)c2)O1)C[C@@H](O)c1cccc(O)c1. The van der Waals surface area contributed by atoms with Crippen molar-refractivity contribution in [2.45, 2.75) is 37.6 Å². The van der Waals surface area contributed by atoms with E-state index >= 15 is 0 Å². The average Bonchev–Trinajstić information content (AvgIpc) is 3.13. The van der Waals surface area contributed by atoms with E-state index in [1.165, 1.54) is 0 Å². The summed E-state index contributed by atoms with van der Waals surface area (Å²) in [7, 11) is 1.91. The Kier molecular flexibility index (Phi) is 11.4. The zero-order chi connectivity index (χ0) is 34.9. The summed E-state index contributed by atoms with van der Waals surface area (Å²) in [5.41, 5.74) is 4.30. The molecule has 5 aromatic carbocycles. The van der Waals surface area contributed by atoms with E-state index in [-0.39, 0.29) is 24.6 Å². The lowest BCUT2D eigenvalue weighted by Crippen LogP contribution is -2.39. The van der Waals surface area contributed by atoms with E-state index in [9.17, 15) is 20.1 Å². The first-order valence-corrected chi connectivity index (χ1v) is 16.5. The Morgan fingerprint density at radius 3 is 2.28 bits per heavy atom. The highest BCUT2D eigenvalue weighted by Gasteiger charge is 2.33. The fourth-order valence-electron chi connectivity index (χ4n) is 5.88. The molecule has 1 aliphatic heterocycles. The van der Waals surface area contributed by atoms with Crippen molar-refractivity contribution in [3.05, 3.63) is 150 Å². The van der Waals surface area contributed by atoms with Crippen LogP contribution < -0.4 is 15.4 Å². The molecule has 0 radical (unpaired) electrons. The summed E-state index contributed by atoms with van der Waals surface area (Å²) in [6, 6.07) is 37.8. The van der Waals surface area contributed by atoms with Gasteiger partial charge in [0.15, 0.2) is 6.29 Å². The Labute approximate surface area is 291 Å². The second-order valence-corrected chi connectivity index (χ2v) is 12.3. The molecule has 2 amide bonds. The van der Waals surface area contributed by atoms with Gasteiger partial charge in [0, 0.05) is 36.4 Å². The Hall–Kier alpha value is -5.23. The third-order valence-corrected chi connectivity index (χ3v) is 8.38. The quantitative estimate of drug-likeness (QED) is 0.0917. The third kappa shape index (κ3) is 9.47. The molecule has 10 heteroatoms. The van der Waals surface area contributed by atoms with Gasteiger partial charge in [-0.25, -0.2) is 4.79 Å². The monoisotopic (exact) mass is 675 g/mol. The van der Waals surface area contributed by atoms with Gasteiger partial charge < -0.3 is 45.1 Å². The molecule has 0 aliphatic carbocycles. The van der Waals surface area contributed by atoms with Crippen molar-refractivity contribution in [2.24, 2.45) is 0 Å². The number of ether oxygens (including phenoxy) is 3. The van der Waals surface area contributed by atoms with E-state index in [0.29, 0.717) is 42.2 Å². The zero-order valence-electron chi connectivity index (χ0n) is 27.7. The first kappa shape index (κ1) is 34.6. The highest BCUT2D eigenvalue weighted by atomic mass is 16.7. The average molecular weight is 676 g/mol. The third-order valence-electron chi connectivity index (χ3n) is 8.38. The number of nitrogens with one attached hydrogen (secondary N) is 2. The van der Waals surface area contributed by atoms with Crippen molar-refractivity contribution in [1.29, 1.82) is 0 Å². The van der Waals surface area contributed by atoms with Crippen LogP contribution in [0.2, 0.25) is 0 Å². The number of anilines is 2. The number of aliphatic hydroxyl groups is 2. The molecule has 0 unspecified atom stereocenters. The smallest absolute Gasteiger partial charge is 0.323 e. The van der Waals surface area contributed by atoms with Crippen LogP contribution in [0.15, 0.2) is 127 Å². The van der Waals surface area contributed by atoms with Gasteiger partial charge in [0.05, 0.1) is 24.9 Å². The van der Waals surface area contributed by atoms with Crippen molar-refractivity contribution in [3.8, 4) is 17.2 Å². The van der Waals surface area contributed by atoms with Gasteiger partial charge in [-0.05, 0) is 84.4 Å². The number of aromatic hydroxyl groups is 1. The minimum atomic E-state index is -0.793. The maximum atomic E-state index is 12.9. The van der Waals surface area contributed by atoms with Gasteiger partial charge >= 0.3 is 6.03 Å². The highest BCUT2D eigenvalue weighted by molar-refractivity contribution is 5.99. The minimum absolute atomic E-state index is 0.0478. The second kappa shape index (κ2) is 16.4. The molecule has 50 heavy (non-hydrogen) atoms. The normalized spacial score (nSPS) is 18.0. The second-order valence-electron chi connectivity index (χ2n) is 12.3. The number of carbonyl (C=O) groups is 1. The maximum absolute atomic E-state index is 12.9. The lowest BCUT2D eigenvalue weighted by molar-refractivity contribution is -0.252. The van der Waals surface area contributed by atoms with Gasteiger partial charge in [-0.3, -0.25) is 0 Å². The number of likely N-dealkylation sites (N-methyl/N-ethyl adjacent to an activating group) is 1. The van der Waals surface area contributed by atoms with Gasteiger partial charge in [0.25, 0.3) is 0 Å². The molecule has 4 atom stereocenters. The van der Waals surface area contributed by atoms with Crippen LogP contribution in [0, 0.1) is 0 Å². The van der Waals surface area contributed by atoms with Crippen molar-refractivity contribution >= 4 is 17.4 Å². The first-order chi connectivity index (χ1) is 24.3. The number of aliphatic hydroxyl groups excluding tert-OH is 2. The molecular weight excluding hydrogens is 634 g/mol. The van der Waals surface area contributed by atoms with Crippen molar-refractivity contribution in [1.82, 2.24) is 4.90 Å². The van der Waals surface area contributed by atoms with E-state index < -0.39 is 18.4 Å². The molecule has 1 saturated heterocycles. The van der Waals surface area contributed by atoms with Crippen molar-refractivity contribution < 1.29 is 34.3 Å². The number of carbonyl (C=O) groups excluding carboxylic acids is 1. The Morgan fingerprint density at radius 2 is 1.54 bits per heavy atom. The molecule has 5 N–H and O–H groups in total. The molecule has 10 nitrogen and oxygen atoms in total. The summed E-state index contributed by atoms with van der Waals surface area (Å²) < 4.78 is 18.8. The van der Waals surface area contributed by atoms with Crippen molar-refractivity contribution in [3.63, 3.8) is 0 Å². The summed E-state index contributed by atoms with van der Waals surface area (Å²) in [6.45, 7) is 0.798. The van der Waals surface area contributed by atoms with Crippen LogP contribution in [0.4, 0.5) is 16.2 Å². The van der Waals surface area contributed by atoms with E-state index in [0.717, 1.165) is 22.4 Å². The fraction of sp³-hybridized carbons (Fsp3) is 0.225. The molecule has 1 aliphatic rings. The topological polar surface area (TPSA) is 133 Å². The Bertz CT molecular complexity index is 1840. The van der Waals surface area contributed by atoms with Gasteiger partial charge in [0.1, 0.15) is 17.2 Å². The van der Waals surface area contributed by atoms with Crippen LogP contribution in [0.25, 0.3) is 0 Å². The molecule has 0 spiro atoms. The number of hydrogen-bond donors (Lipinski definition) is 5. The number of para-hydroxylation sites is 1. The summed E-state index contributed by atoms with van der Waals surface area (Å²) in [4.78, 5) is 14.9. The van der Waals surface area contributed by atoms with Crippen LogP contribution in [-0.2, 0) is 16.1 Å². The van der Waals surface area contributed by atoms with Crippen LogP contribution >= 0.6 is 0 Å². The Morgan fingerprint density at radius 1 is 0.820 bits per heavy atom. The van der Waals surface area contributed by atoms with E-state index in [4.69, 9.17) is 14.2 Å². The van der Waals surface area contributed by atoms with Crippen LogP contribution in [-0.4, -0.2) is 52.5 Å². The molecule has 1 fully saturated rings. The van der Waals surface area contributed by atoms with E-state index in [1.54, 1.807) is 54.6 Å². The molecule has 5 aromatic rings. The summed E-state index contributed by atoms with van der Waals surface area (Å²) in [5.74, 6) is 1.49. The first-order valence-electron chi connectivity index (χ1n) is 16.5. The van der Waals surface area contributed by atoms with Gasteiger partial charge in [-0.15, -0.1) is 0 Å². The number of hydrogen-bond acceptors (Lipinski definition) is 8. The molecule has 1 heterocycles. The number of phenols is 1. The standard InChI is InChI=1S/C40H41N3O7/c1-43(25-37(46)29-7-6-10-33(45)22-29)24-36-23-38(28-15-13-27(26-44)14-16-28)50-39(49-36)30-8-5-9-32(21-30)42-40(47)41-31-17-19-35(20-18-31)48-34-11-3-2-4-12-34/h2-22,36-39,44-46H,23-26H2,1H3,(H2,41,42,47)/t36-,37-,38+,39+/m1/s1. The summed E-state index contributed by atoms with van der Waals surface area (Å²) in [5, 5.41) is 36.0. The molecule has 0 bridgehead atoms. The predicted molar refractivity (Wildman–Crippen MR) is 191 cm³/mol. The molecular formula is C40H41N3O7. The van der Waals surface area contributed by atoms with Crippen LogP contribution in [0.3, 0.4) is 0 Å². The number of phenolic OH excluding ortho intramolecular Hbond substituents is 1. The number of nitrogens with zero attached hydrogens (tertiary/aromatic N) is 1. The molecule has 6 rings (SSSR count). The molecule has 258 valence electrons. The summed E-state index contributed by atoms with van der Waals surface area (Å²) in [6.07, 6.45) is -1.52.